The molecule has 2 aromatic carbocycles. The molecule has 0 aliphatic carbocycles. The standard InChI is InChI=1S/C15H9ClFNO2/c16-11-7-9(5-6-12(11)17)8-18-13-4-2-1-3-10(13)14(19)15(18)20/h1-7H,8H2. The van der Waals surface area contributed by atoms with Crippen molar-refractivity contribution < 1.29 is 14.0 Å². The lowest BCUT2D eigenvalue weighted by Crippen LogP contribution is -2.29. The number of hydrogen-bond acceptors (Lipinski definition) is 2. The fourth-order valence-corrected chi connectivity index (χ4v) is 2.43. The molecule has 0 unspecified atom stereocenters. The van der Waals surface area contributed by atoms with Crippen LogP contribution in [0.5, 0.6) is 0 Å². The molecular weight excluding hydrogens is 281 g/mol. The summed E-state index contributed by atoms with van der Waals surface area (Å²) < 4.78 is 13.1. The summed E-state index contributed by atoms with van der Waals surface area (Å²) in [6.45, 7) is 0.182. The molecule has 1 heterocycles. The number of carbonyl (C=O) groups is 2. The number of halogens is 2. The molecule has 2 aromatic rings. The Morgan fingerprint density at radius 2 is 1.85 bits per heavy atom. The highest BCUT2D eigenvalue weighted by Gasteiger charge is 2.35. The van der Waals surface area contributed by atoms with Crippen LogP contribution >= 0.6 is 11.6 Å². The maximum Gasteiger partial charge on any atom is 0.299 e. The Kier molecular flexibility index (Phi) is 3.03. The lowest BCUT2D eigenvalue weighted by Gasteiger charge is -2.16. The molecule has 0 spiro atoms. The molecule has 0 fully saturated rings. The topological polar surface area (TPSA) is 37.4 Å². The fourth-order valence-electron chi connectivity index (χ4n) is 2.23. The Labute approximate surface area is 119 Å². The quantitative estimate of drug-likeness (QED) is 0.796. The monoisotopic (exact) mass is 289 g/mol. The molecular formula is C15H9ClFNO2. The number of fused-ring (bicyclic) bond motifs is 1. The minimum Gasteiger partial charge on any atom is -0.300 e. The van der Waals surface area contributed by atoms with Crippen LogP contribution in [0.25, 0.3) is 0 Å². The molecule has 0 saturated heterocycles. The molecule has 0 atom stereocenters. The van der Waals surface area contributed by atoms with E-state index in [1.807, 2.05) is 0 Å². The molecule has 5 heteroatoms. The second-order valence-electron chi connectivity index (χ2n) is 4.49. The third-order valence-electron chi connectivity index (χ3n) is 3.20. The normalized spacial score (nSPS) is 13.8. The molecule has 1 amide bonds. The maximum absolute atomic E-state index is 13.1. The van der Waals surface area contributed by atoms with Gasteiger partial charge in [-0.05, 0) is 29.8 Å². The second kappa shape index (κ2) is 4.72. The zero-order valence-corrected chi connectivity index (χ0v) is 11.0. The highest BCUT2D eigenvalue weighted by molar-refractivity contribution is 6.52. The number of benzene rings is 2. The molecule has 1 aliphatic rings. The van der Waals surface area contributed by atoms with Gasteiger partial charge in [-0.2, -0.15) is 0 Å². The van der Waals surface area contributed by atoms with Crippen LogP contribution in [-0.4, -0.2) is 11.7 Å². The smallest absolute Gasteiger partial charge is 0.299 e. The van der Waals surface area contributed by atoms with E-state index in [4.69, 9.17) is 11.6 Å². The predicted molar refractivity (Wildman–Crippen MR) is 73.4 cm³/mol. The molecule has 0 aromatic heterocycles. The lowest BCUT2D eigenvalue weighted by molar-refractivity contribution is -0.114. The Balaban J connectivity index is 1.97. The van der Waals surface area contributed by atoms with Gasteiger partial charge in [-0.1, -0.05) is 29.8 Å². The summed E-state index contributed by atoms with van der Waals surface area (Å²) >= 11 is 5.72. The Morgan fingerprint density at radius 3 is 2.60 bits per heavy atom. The molecule has 0 radical (unpaired) electrons. The molecule has 100 valence electrons. The molecule has 20 heavy (non-hydrogen) atoms. The minimum atomic E-state index is -0.577. The van der Waals surface area contributed by atoms with Crippen LogP contribution in [0, 0.1) is 5.82 Å². The maximum atomic E-state index is 13.1. The van der Waals surface area contributed by atoms with Crippen LogP contribution in [0.4, 0.5) is 10.1 Å². The van der Waals surface area contributed by atoms with Gasteiger partial charge in [0.2, 0.25) is 0 Å². The summed E-state index contributed by atoms with van der Waals surface area (Å²) in [6.07, 6.45) is 0. The van der Waals surface area contributed by atoms with E-state index in [1.165, 1.54) is 17.0 Å². The molecule has 0 bridgehead atoms. The van der Waals surface area contributed by atoms with Crippen molar-refractivity contribution in [2.75, 3.05) is 4.90 Å². The summed E-state index contributed by atoms with van der Waals surface area (Å²) in [4.78, 5) is 25.2. The second-order valence-corrected chi connectivity index (χ2v) is 4.89. The van der Waals surface area contributed by atoms with Crippen molar-refractivity contribution in [3.63, 3.8) is 0 Å². The van der Waals surface area contributed by atoms with Gasteiger partial charge in [-0.25, -0.2) is 4.39 Å². The average molecular weight is 290 g/mol. The van der Waals surface area contributed by atoms with Gasteiger partial charge < -0.3 is 4.90 Å². The third kappa shape index (κ3) is 1.98. The van der Waals surface area contributed by atoms with Crippen molar-refractivity contribution in [2.45, 2.75) is 6.54 Å². The average Bonchev–Trinajstić information content (AvgIpc) is 2.69. The summed E-state index contributed by atoms with van der Waals surface area (Å²) in [5.41, 5.74) is 1.63. The Morgan fingerprint density at radius 1 is 1.10 bits per heavy atom. The zero-order chi connectivity index (χ0) is 14.3. The van der Waals surface area contributed by atoms with Gasteiger partial charge in [-0.15, -0.1) is 0 Å². The third-order valence-corrected chi connectivity index (χ3v) is 3.49. The van der Waals surface area contributed by atoms with Crippen molar-refractivity contribution in [2.24, 2.45) is 0 Å². The van der Waals surface area contributed by atoms with Gasteiger partial charge in [0.15, 0.2) is 0 Å². The van der Waals surface area contributed by atoms with E-state index in [1.54, 1.807) is 30.3 Å². The van der Waals surface area contributed by atoms with Crippen molar-refractivity contribution in [3.8, 4) is 0 Å². The first kappa shape index (κ1) is 12.8. The van der Waals surface area contributed by atoms with Gasteiger partial charge in [0.05, 0.1) is 22.8 Å². The van der Waals surface area contributed by atoms with Gasteiger partial charge in [0.25, 0.3) is 11.7 Å². The number of carbonyl (C=O) groups excluding carboxylic acids is 2. The molecule has 3 nitrogen and oxygen atoms in total. The summed E-state index contributed by atoms with van der Waals surface area (Å²) in [5.74, 6) is -1.61. The highest BCUT2D eigenvalue weighted by atomic mass is 35.5. The molecule has 3 rings (SSSR count). The number of ketones is 1. The summed E-state index contributed by atoms with van der Waals surface area (Å²) in [7, 11) is 0. The minimum absolute atomic E-state index is 0.00578. The van der Waals surface area contributed by atoms with E-state index < -0.39 is 17.5 Å². The highest BCUT2D eigenvalue weighted by Crippen LogP contribution is 2.30. The van der Waals surface area contributed by atoms with Gasteiger partial charge in [-0.3, -0.25) is 9.59 Å². The van der Waals surface area contributed by atoms with Gasteiger partial charge in [0.1, 0.15) is 5.82 Å². The molecule has 1 aliphatic heterocycles. The summed E-state index contributed by atoms with van der Waals surface area (Å²) in [6, 6.07) is 11.0. The van der Waals surface area contributed by atoms with Crippen molar-refractivity contribution >= 4 is 29.0 Å². The van der Waals surface area contributed by atoms with Crippen LogP contribution in [0.3, 0.4) is 0 Å². The molecule has 0 saturated carbocycles. The fraction of sp³-hybridized carbons (Fsp3) is 0.0667. The first-order valence-corrected chi connectivity index (χ1v) is 6.35. The van der Waals surface area contributed by atoms with E-state index in [0.717, 1.165) is 0 Å². The van der Waals surface area contributed by atoms with Crippen LogP contribution in [-0.2, 0) is 11.3 Å². The van der Waals surface area contributed by atoms with Crippen LogP contribution in [0.2, 0.25) is 5.02 Å². The van der Waals surface area contributed by atoms with Gasteiger partial charge in [0, 0.05) is 0 Å². The van der Waals surface area contributed by atoms with E-state index >= 15 is 0 Å². The largest absolute Gasteiger partial charge is 0.300 e. The van der Waals surface area contributed by atoms with E-state index in [9.17, 15) is 14.0 Å². The number of rotatable bonds is 2. The first-order valence-electron chi connectivity index (χ1n) is 5.97. The number of para-hydroxylation sites is 1. The van der Waals surface area contributed by atoms with Gasteiger partial charge >= 0.3 is 0 Å². The number of nitrogens with zero attached hydrogens (tertiary/aromatic N) is 1. The molecule has 0 N–H and O–H groups in total. The van der Waals surface area contributed by atoms with Crippen molar-refractivity contribution in [1.82, 2.24) is 0 Å². The van der Waals surface area contributed by atoms with Crippen molar-refractivity contribution in [3.05, 3.63) is 64.4 Å². The number of hydrogen-bond donors (Lipinski definition) is 0. The Bertz CT molecular complexity index is 730. The summed E-state index contributed by atoms with van der Waals surface area (Å²) in [5, 5.41) is -0.00578. The zero-order valence-electron chi connectivity index (χ0n) is 10.3. The SMILES string of the molecule is O=C1C(=O)N(Cc2ccc(F)c(Cl)c2)c2ccccc21. The Hall–Kier alpha value is -2.20. The van der Waals surface area contributed by atoms with E-state index in [-0.39, 0.29) is 11.6 Å². The van der Waals surface area contributed by atoms with Crippen molar-refractivity contribution in [1.29, 1.82) is 0 Å². The lowest BCUT2D eigenvalue weighted by atomic mass is 10.1. The predicted octanol–water partition coefficient (Wildman–Crippen LogP) is 3.21. The van der Waals surface area contributed by atoms with E-state index in [2.05, 4.69) is 0 Å². The number of anilines is 1. The number of amides is 1. The van der Waals surface area contributed by atoms with Crippen LogP contribution in [0.15, 0.2) is 42.5 Å². The number of Topliss-reactive ketones (excluding diaryl/α,β-unsaturated/α-hetero) is 1. The first-order chi connectivity index (χ1) is 9.58. The van der Waals surface area contributed by atoms with Crippen LogP contribution in [0.1, 0.15) is 15.9 Å². The van der Waals surface area contributed by atoms with Crippen LogP contribution < -0.4 is 4.90 Å². The van der Waals surface area contributed by atoms with E-state index in [0.29, 0.717) is 16.8 Å².